The van der Waals surface area contributed by atoms with E-state index in [1.165, 1.54) is 6.42 Å². The van der Waals surface area contributed by atoms with Crippen molar-refractivity contribution in [2.24, 2.45) is 0 Å². The van der Waals surface area contributed by atoms with E-state index in [0.29, 0.717) is 6.04 Å². The maximum Gasteiger partial charge on any atom is 0.130 e. The highest BCUT2D eigenvalue weighted by atomic mass is 16.5. The van der Waals surface area contributed by atoms with Gasteiger partial charge in [0.1, 0.15) is 5.82 Å². The first-order chi connectivity index (χ1) is 9.24. The summed E-state index contributed by atoms with van der Waals surface area (Å²) in [7, 11) is 0. The lowest BCUT2D eigenvalue weighted by molar-refractivity contribution is 0.0209. The first-order valence-electron chi connectivity index (χ1n) is 7.03. The minimum absolute atomic E-state index is 0.633. The van der Waals surface area contributed by atoms with Gasteiger partial charge >= 0.3 is 0 Å². The molecule has 1 atom stereocenters. The second-order valence-electron chi connectivity index (χ2n) is 5.44. The predicted octanol–water partition coefficient (Wildman–Crippen LogP) is 0.883. The molecule has 0 bridgehead atoms. The average molecular weight is 262 g/mol. The van der Waals surface area contributed by atoms with Crippen molar-refractivity contribution in [1.29, 1.82) is 0 Å². The van der Waals surface area contributed by atoms with Crippen LogP contribution >= 0.6 is 0 Å². The maximum absolute atomic E-state index is 5.97. The van der Waals surface area contributed by atoms with Gasteiger partial charge < -0.3 is 15.4 Å². The Labute approximate surface area is 114 Å². The van der Waals surface area contributed by atoms with E-state index in [0.717, 1.165) is 56.5 Å². The number of ether oxygens (including phenoxy) is 1. The predicted molar refractivity (Wildman–Crippen MR) is 76.4 cm³/mol. The first kappa shape index (κ1) is 12.7. The molecule has 0 aromatic carbocycles. The molecule has 2 N–H and O–H groups in total. The van der Waals surface area contributed by atoms with E-state index in [9.17, 15) is 0 Å². The Morgan fingerprint density at radius 3 is 2.84 bits per heavy atom. The SMILES string of the molecule is Cc1cnc(N2CCC(N3CCOCC3)C2)cc1N. The van der Waals surface area contributed by atoms with Gasteiger partial charge in [-0.2, -0.15) is 0 Å². The van der Waals surface area contributed by atoms with Crippen molar-refractivity contribution in [2.75, 3.05) is 50.0 Å². The van der Waals surface area contributed by atoms with E-state index in [2.05, 4.69) is 14.8 Å². The molecule has 19 heavy (non-hydrogen) atoms. The van der Waals surface area contributed by atoms with Crippen LogP contribution in [0.15, 0.2) is 12.3 Å². The third-order valence-electron chi connectivity index (χ3n) is 4.18. The molecular weight excluding hydrogens is 240 g/mol. The molecule has 5 nitrogen and oxygen atoms in total. The van der Waals surface area contributed by atoms with Crippen LogP contribution in [0.4, 0.5) is 11.5 Å². The van der Waals surface area contributed by atoms with Gasteiger partial charge in [0.15, 0.2) is 0 Å². The van der Waals surface area contributed by atoms with Crippen LogP contribution in [-0.4, -0.2) is 55.3 Å². The Morgan fingerprint density at radius 2 is 2.11 bits per heavy atom. The Balaban J connectivity index is 1.66. The van der Waals surface area contributed by atoms with Gasteiger partial charge in [-0.1, -0.05) is 0 Å². The monoisotopic (exact) mass is 262 g/mol. The summed E-state index contributed by atoms with van der Waals surface area (Å²) < 4.78 is 5.42. The summed E-state index contributed by atoms with van der Waals surface area (Å²) in [6.45, 7) is 7.96. The quantitative estimate of drug-likeness (QED) is 0.857. The lowest BCUT2D eigenvalue weighted by atomic mass is 10.2. The minimum atomic E-state index is 0.633. The van der Waals surface area contributed by atoms with Crippen molar-refractivity contribution in [1.82, 2.24) is 9.88 Å². The molecule has 1 aromatic heterocycles. The molecule has 104 valence electrons. The lowest BCUT2D eigenvalue weighted by Crippen LogP contribution is -2.44. The third-order valence-corrected chi connectivity index (χ3v) is 4.18. The third kappa shape index (κ3) is 2.67. The van der Waals surface area contributed by atoms with E-state index in [4.69, 9.17) is 10.5 Å². The summed E-state index contributed by atoms with van der Waals surface area (Å²) in [6.07, 6.45) is 3.07. The normalized spacial score (nSPS) is 24.9. The number of pyridine rings is 1. The van der Waals surface area contributed by atoms with Gasteiger partial charge in [0.25, 0.3) is 0 Å². The second-order valence-corrected chi connectivity index (χ2v) is 5.44. The lowest BCUT2D eigenvalue weighted by Gasteiger charge is -2.32. The number of aromatic nitrogens is 1. The fourth-order valence-corrected chi connectivity index (χ4v) is 2.89. The molecule has 0 saturated carbocycles. The number of hydrogen-bond acceptors (Lipinski definition) is 5. The van der Waals surface area contributed by atoms with Crippen molar-refractivity contribution in [3.63, 3.8) is 0 Å². The van der Waals surface area contributed by atoms with Crippen LogP contribution in [0, 0.1) is 6.92 Å². The van der Waals surface area contributed by atoms with Crippen LogP contribution in [0.25, 0.3) is 0 Å². The molecule has 0 spiro atoms. The molecule has 0 amide bonds. The molecule has 0 aliphatic carbocycles. The molecule has 5 heteroatoms. The van der Waals surface area contributed by atoms with Crippen LogP contribution < -0.4 is 10.6 Å². The van der Waals surface area contributed by atoms with E-state index in [1.54, 1.807) is 0 Å². The number of aryl methyl sites for hydroxylation is 1. The number of rotatable bonds is 2. The zero-order chi connectivity index (χ0) is 13.2. The van der Waals surface area contributed by atoms with Gasteiger partial charge in [0, 0.05) is 50.2 Å². The average Bonchev–Trinajstić information content (AvgIpc) is 2.93. The summed E-state index contributed by atoms with van der Waals surface area (Å²) in [5.41, 5.74) is 7.85. The number of morpholine rings is 1. The van der Waals surface area contributed by atoms with Gasteiger partial charge in [0.2, 0.25) is 0 Å². The number of nitrogens with zero attached hydrogens (tertiary/aromatic N) is 3. The molecule has 3 heterocycles. The van der Waals surface area contributed by atoms with E-state index >= 15 is 0 Å². The summed E-state index contributed by atoms with van der Waals surface area (Å²) in [6, 6.07) is 2.63. The molecule has 2 aliphatic heterocycles. The zero-order valence-electron chi connectivity index (χ0n) is 11.5. The fraction of sp³-hybridized carbons (Fsp3) is 0.643. The van der Waals surface area contributed by atoms with Gasteiger partial charge in [-0.15, -0.1) is 0 Å². The molecule has 0 radical (unpaired) electrons. The molecule has 2 fully saturated rings. The van der Waals surface area contributed by atoms with Gasteiger partial charge in [-0.3, -0.25) is 4.90 Å². The Kier molecular flexibility index (Phi) is 3.57. The standard InChI is InChI=1S/C14H22N4O/c1-11-9-16-14(8-13(11)15)18-3-2-12(10-18)17-4-6-19-7-5-17/h8-9,12H,2-7,10H2,1H3,(H2,15,16). The number of anilines is 2. The summed E-state index contributed by atoms with van der Waals surface area (Å²) >= 11 is 0. The van der Waals surface area contributed by atoms with Crippen molar-refractivity contribution < 1.29 is 4.74 Å². The Hall–Kier alpha value is -1.33. The summed E-state index contributed by atoms with van der Waals surface area (Å²) in [4.78, 5) is 9.39. The highest BCUT2D eigenvalue weighted by molar-refractivity contribution is 5.55. The zero-order valence-corrected chi connectivity index (χ0v) is 11.5. The highest BCUT2D eigenvalue weighted by Gasteiger charge is 2.29. The topological polar surface area (TPSA) is 54.6 Å². The van der Waals surface area contributed by atoms with E-state index in [-0.39, 0.29) is 0 Å². The molecule has 2 saturated heterocycles. The van der Waals surface area contributed by atoms with Gasteiger partial charge in [0.05, 0.1) is 13.2 Å². The molecular formula is C14H22N4O. The number of nitrogen functional groups attached to an aromatic ring is 1. The van der Waals surface area contributed by atoms with Crippen molar-refractivity contribution >= 4 is 11.5 Å². The number of hydrogen-bond donors (Lipinski definition) is 1. The van der Waals surface area contributed by atoms with E-state index in [1.807, 2.05) is 19.2 Å². The van der Waals surface area contributed by atoms with E-state index < -0.39 is 0 Å². The first-order valence-corrected chi connectivity index (χ1v) is 7.03. The fourth-order valence-electron chi connectivity index (χ4n) is 2.89. The van der Waals surface area contributed by atoms with Crippen LogP contribution in [-0.2, 0) is 4.74 Å². The van der Waals surface area contributed by atoms with Crippen molar-refractivity contribution in [3.8, 4) is 0 Å². The smallest absolute Gasteiger partial charge is 0.130 e. The van der Waals surface area contributed by atoms with Gasteiger partial charge in [-0.05, 0) is 18.9 Å². The van der Waals surface area contributed by atoms with Crippen LogP contribution in [0.5, 0.6) is 0 Å². The van der Waals surface area contributed by atoms with Crippen molar-refractivity contribution in [3.05, 3.63) is 17.8 Å². The summed E-state index contributed by atoms with van der Waals surface area (Å²) in [5, 5.41) is 0. The number of nitrogens with two attached hydrogens (primary N) is 1. The Morgan fingerprint density at radius 1 is 1.32 bits per heavy atom. The summed E-state index contributed by atoms with van der Waals surface area (Å²) in [5.74, 6) is 1.01. The largest absolute Gasteiger partial charge is 0.398 e. The minimum Gasteiger partial charge on any atom is -0.398 e. The highest BCUT2D eigenvalue weighted by Crippen LogP contribution is 2.24. The maximum atomic E-state index is 5.97. The molecule has 3 rings (SSSR count). The molecule has 2 aliphatic rings. The Bertz CT molecular complexity index is 445. The molecule has 1 aromatic rings. The molecule has 1 unspecified atom stereocenters. The van der Waals surface area contributed by atoms with Crippen LogP contribution in [0.1, 0.15) is 12.0 Å². The van der Waals surface area contributed by atoms with Gasteiger partial charge in [-0.25, -0.2) is 4.98 Å². The van der Waals surface area contributed by atoms with Crippen LogP contribution in [0.2, 0.25) is 0 Å². The second kappa shape index (κ2) is 5.35. The van der Waals surface area contributed by atoms with Crippen LogP contribution in [0.3, 0.4) is 0 Å². The van der Waals surface area contributed by atoms with Crippen molar-refractivity contribution in [2.45, 2.75) is 19.4 Å².